The van der Waals surface area contributed by atoms with Gasteiger partial charge in [0.25, 0.3) is 0 Å². The van der Waals surface area contributed by atoms with Crippen molar-refractivity contribution in [3.8, 4) is 0 Å². The van der Waals surface area contributed by atoms with E-state index in [-0.39, 0.29) is 13.2 Å². The van der Waals surface area contributed by atoms with Gasteiger partial charge in [0.2, 0.25) is 6.71 Å². The Kier molecular flexibility index (Phi) is 2.76. The van der Waals surface area contributed by atoms with Gasteiger partial charge in [-0.25, -0.2) is 0 Å². The van der Waals surface area contributed by atoms with Gasteiger partial charge < -0.3 is 9.90 Å². The van der Waals surface area contributed by atoms with Crippen LogP contribution in [0.3, 0.4) is 0 Å². The van der Waals surface area contributed by atoms with Crippen molar-refractivity contribution in [1.82, 2.24) is 0 Å². The van der Waals surface area contributed by atoms with Crippen LogP contribution < -0.4 is 0 Å². The van der Waals surface area contributed by atoms with E-state index in [2.05, 4.69) is 0 Å². The van der Waals surface area contributed by atoms with Gasteiger partial charge >= 0.3 is 0 Å². The van der Waals surface area contributed by atoms with E-state index in [1.807, 2.05) is 0 Å². The van der Waals surface area contributed by atoms with Gasteiger partial charge in [-0.05, 0) is 0 Å². The third-order valence-electron chi connectivity index (χ3n) is 0.520. The minimum Gasteiger partial charge on any atom is -0.404 e. The standard InChI is InChI=1S/C3H7BO2/c1-4(2-5)3-6/h2,6H,3H2,1H3. The molecule has 0 saturated heterocycles. The van der Waals surface area contributed by atoms with Gasteiger partial charge in [0.1, 0.15) is 0 Å². The fourth-order valence-corrected chi connectivity index (χ4v) is 0.0430. The zero-order valence-electron chi connectivity index (χ0n) is 3.72. The van der Waals surface area contributed by atoms with Gasteiger partial charge in [-0.15, -0.1) is 0 Å². The van der Waals surface area contributed by atoms with Gasteiger partial charge in [0.05, 0.1) is 6.19 Å². The zero-order valence-corrected chi connectivity index (χ0v) is 3.72. The molecule has 0 amide bonds. The normalized spacial score (nSPS) is 7.67. The van der Waals surface area contributed by atoms with Crippen LogP contribution in [0.1, 0.15) is 0 Å². The first kappa shape index (κ1) is 5.69. The molecular weight excluding hydrogens is 78.8 g/mol. The van der Waals surface area contributed by atoms with E-state index in [0.29, 0.717) is 0 Å². The van der Waals surface area contributed by atoms with Crippen molar-refractivity contribution in [3.63, 3.8) is 0 Å². The highest BCUT2D eigenvalue weighted by atomic mass is 16.2. The van der Waals surface area contributed by atoms with Crippen molar-refractivity contribution in [2.75, 3.05) is 6.51 Å². The second-order valence-electron chi connectivity index (χ2n) is 1.30. The summed E-state index contributed by atoms with van der Waals surface area (Å²) in [7, 11) is 0. The van der Waals surface area contributed by atoms with Crippen molar-refractivity contribution >= 4 is 12.9 Å². The average Bonchev–Trinajstić information content (AvgIpc) is 1.65. The van der Waals surface area contributed by atoms with Crippen LogP contribution in [0.25, 0.3) is 0 Å². The first-order chi connectivity index (χ1) is 2.81. The maximum absolute atomic E-state index is 9.58. The highest BCUT2D eigenvalue weighted by Crippen LogP contribution is 1.66. The summed E-state index contributed by atoms with van der Waals surface area (Å²) in [4.78, 5) is 9.58. The zero-order chi connectivity index (χ0) is 4.99. The minimum absolute atomic E-state index is 0.0382. The van der Waals surface area contributed by atoms with E-state index >= 15 is 0 Å². The molecule has 0 rings (SSSR count). The van der Waals surface area contributed by atoms with Crippen molar-refractivity contribution in [1.29, 1.82) is 0 Å². The summed E-state index contributed by atoms with van der Waals surface area (Å²) in [5.41, 5.74) is 0. The summed E-state index contributed by atoms with van der Waals surface area (Å²) >= 11 is 0. The largest absolute Gasteiger partial charge is 0.404 e. The molecule has 0 fully saturated rings. The van der Waals surface area contributed by atoms with E-state index in [9.17, 15) is 4.79 Å². The van der Waals surface area contributed by atoms with E-state index in [0.717, 1.165) is 6.19 Å². The topological polar surface area (TPSA) is 37.3 Å². The second-order valence-corrected chi connectivity index (χ2v) is 1.30. The number of hydrogen-bond donors (Lipinski definition) is 1. The lowest BCUT2D eigenvalue weighted by Crippen LogP contribution is -2.14. The van der Waals surface area contributed by atoms with Crippen molar-refractivity contribution in [2.45, 2.75) is 6.82 Å². The van der Waals surface area contributed by atoms with Crippen LogP contribution in [-0.2, 0) is 4.79 Å². The maximum Gasteiger partial charge on any atom is 0.244 e. The summed E-state index contributed by atoms with van der Waals surface area (Å²) in [6.45, 7) is 1.43. The Morgan fingerprint density at radius 1 is 2.00 bits per heavy atom. The predicted molar refractivity (Wildman–Crippen MR) is 25.5 cm³/mol. The minimum atomic E-state index is -0.190. The summed E-state index contributed by atoms with van der Waals surface area (Å²) in [6, 6.07) is 0. The SMILES string of the molecule is CB(C=O)CO. The van der Waals surface area contributed by atoms with Crippen molar-refractivity contribution in [2.24, 2.45) is 0 Å². The Morgan fingerprint density at radius 2 is 2.50 bits per heavy atom. The molecule has 34 valence electrons. The third kappa shape index (κ3) is 1.97. The quantitative estimate of drug-likeness (QED) is 0.360. The Bertz CT molecular complexity index is 46.1. The van der Waals surface area contributed by atoms with E-state index in [1.54, 1.807) is 6.82 Å². The maximum atomic E-state index is 9.58. The monoisotopic (exact) mass is 86.1 g/mol. The molecular formula is C3H7BO2. The molecule has 3 heteroatoms. The fourth-order valence-electron chi connectivity index (χ4n) is 0.0430. The van der Waals surface area contributed by atoms with Gasteiger partial charge in [0, 0.05) is 6.51 Å². The Balaban J connectivity index is 2.96. The predicted octanol–water partition coefficient (Wildman–Crippen LogP) is -0.586. The molecule has 0 atom stereocenters. The average molecular weight is 85.9 g/mol. The smallest absolute Gasteiger partial charge is 0.244 e. The molecule has 0 bridgehead atoms. The second kappa shape index (κ2) is 2.91. The van der Waals surface area contributed by atoms with E-state index in [4.69, 9.17) is 5.11 Å². The molecule has 6 heavy (non-hydrogen) atoms. The van der Waals surface area contributed by atoms with Crippen LogP contribution in [0.15, 0.2) is 0 Å². The molecule has 0 aromatic heterocycles. The number of rotatable bonds is 2. The van der Waals surface area contributed by atoms with Crippen molar-refractivity contribution in [3.05, 3.63) is 0 Å². The molecule has 0 heterocycles. The number of aliphatic hydroxyl groups excluding tert-OH is 1. The molecule has 0 aromatic rings. The van der Waals surface area contributed by atoms with Crippen LogP contribution in [0.2, 0.25) is 6.82 Å². The lowest BCUT2D eigenvalue weighted by molar-refractivity contribution is 0.364. The van der Waals surface area contributed by atoms with Crippen LogP contribution in [0, 0.1) is 0 Å². The lowest BCUT2D eigenvalue weighted by atomic mass is 9.55. The molecule has 0 aliphatic carbocycles. The van der Waals surface area contributed by atoms with Crippen LogP contribution >= 0.6 is 0 Å². The van der Waals surface area contributed by atoms with E-state index in [1.165, 1.54) is 0 Å². The van der Waals surface area contributed by atoms with Gasteiger partial charge in [-0.1, -0.05) is 6.82 Å². The van der Waals surface area contributed by atoms with Gasteiger partial charge in [-0.2, -0.15) is 0 Å². The molecule has 0 aliphatic rings. The van der Waals surface area contributed by atoms with Crippen LogP contribution in [-0.4, -0.2) is 24.5 Å². The number of carbonyl (C=O) groups excluding carboxylic acids is 1. The number of aliphatic hydroxyl groups is 1. The number of carbonyl (C=O) groups is 1. The Hall–Kier alpha value is -0.305. The molecule has 2 nitrogen and oxygen atoms in total. The number of hydrogen-bond acceptors (Lipinski definition) is 2. The van der Waals surface area contributed by atoms with Crippen LogP contribution in [0.5, 0.6) is 0 Å². The van der Waals surface area contributed by atoms with Crippen LogP contribution in [0.4, 0.5) is 0 Å². The molecule has 0 aliphatic heterocycles. The first-order valence-corrected chi connectivity index (χ1v) is 1.87. The fraction of sp³-hybridized carbons (Fsp3) is 0.667. The highest BCUT2D eigenvalue weighted by molar-refractivity contribution is 6.83. The third-order valence-corrected chi connectivity index (χ3v) is 0.520. The molecule has 0 spiro atoms. The Labute approximate surface area is 37.2 Å². The molecule has 0 aromatic carbocycles. The van der Waals surface area contributed by atoms with E-state index < -0.39 is 0 Å². The lowest BCUT2D eigenvalue weighted by Gasteiger charge is -1.83. The summed E-state index contributed by atoms with van der Waals surface area (Å²) in [5.74, 6) is 0. The van der Waals surface area contributed by atoms with Crippen molar-refractivity contribution < 1.29 is 9.90 Å². The summed E-state index contributed by atoms with van der Waals surface area (Å²) in [6.07, 6.45) is 0.722. The molecule has 0 radical (unpaired) electrons. The summed E-state index contributed by atoms with van der Waals surface area (Å²) < 4.78 is 0. The highest BCUT2D eigenvalue weighted by Gasteiger charge is 1.98. The summed E-state index contributed by atoms with van der Waals surface area (Å²) in [5, 5.41) is 8.10. The Morgan fingerprint density at radius 3 is 2.50 bits per heavy atom. The first-order valence-electron chi connectivity index (χ1n) is 1.87. The molecule has 1 N–H and O–H groups in total. The molecule has 0 unspecified atom stereocenters. The van der Waals surface area contributed by atoms with Gasteiger partial charge in [-0.3, -0.25) is 0 Å². The van der Waals surface area contributed by atoms with Gasteiger partial charge in [0.15, 0.2) is 0 Å². The molecule has 0 saturated carbocycles.